The fourth-order valence-corrected chi connectivity index (χ4v) is 1.84. The van der Waals surface area contributed by atoms with Gasteiger partial charge in [-0.05, 0) is 17.7 Å². The summed E-state index contributed by atoms with van der Waals surface area (Å²) in [5.41, 5.74) is 0.897. The third-order valence-electron chi connectivity index (χ3n) is 3.09. The normalized spacial score (nSPS) is 11.3. The molecule has 1 aromatic carbocycles. The molecule has 0 spiro atoms. The number of hydrogen-bond donors (Lipinski definition) is 2. The molecule has 0 amide bonds. The van der Waals surface area contributed by atoms with Crippen molar-refractivity contribution in [3.05, 3.63) is 17.7 Å². The van der Waals surface area contributed by atoms with Crippen LogP contribution in [-0.2, 0) is 6.54 Å². The Kier molecular flexibility index (Phi) is 6.10. The first-order valence-corrected chi connectivity index (χ1v) is 6.58. The third kappa shape index (κ3) is 4.28. The molecule has 1 aromatic rings. The Bertz CT molecular complexity index is 407. The molecular weight excluding hydrogens is 258 g/mol. The van der Waals surface area contributed by atoms with Crippen LogP contribution in [0.5, 0.6) is 17.2 Å². The molecule has 2 N–H and O–H groups in total. The first-order valence-electron chi connectivity index (χ1n) is 6.58. The lowest BCUT2D eigenvalue weighted by Crippen LogP contribution is -2.31. The second-order valence-electron chi connectivity index (χ2n) is 5.46. The van der Waals surface area contributed by atoms with Crippen molar-refractivity contribution in [2.75, 3.05) is 34.5 Å². The number of hydrogen-bond acceptors (Lipinski definition) is 5. The van der Waals surface area contributed by atoms with Crippen molar-refractivity contribution in [3.63, 3.8) is 0 Å². The summed E-state index contributed by atoms with van der Waals surface area (Å²) >= 11 is 0. The van der Waals surface area contributed by atoms with Crippen LogP contribution in [0.25, 0.3) is 0 Å². The number of benzene rings is 1. The SMILES string of the molecule is COc1cc(CNCC(C)(C)CO)cc(OC)c1OC. The lowest BCUT2D eigenvalue weighted by molar-refractivity contribution is 0.156. The molecule has 0 atom stereocenters. The molecular formula is C15H25NO4. The van der Waals surface area contributed by atoms with Crippen LogP contribution in [0, 0.1) is 5.41 Å². The topological polar surface area (TPSA) is 60.0 Å². The van der Waals surface area contributed by atoms with Gasteiger partial charge in [-0.1, -0.05) is 13.8 Å². The van der Waals surface area contributed by atoms with Crippen molar-refractivity contribution in [2.24, 2.45) is 5.41 Å². The maximum absolute atomic E-state index is 9.23. The number of nitrogens with one attached hydrogen (secondary N) is 1. The van der Waals surface area contributed by atoms with E-state index >= 15 is 0 Å². The first-order chi connectivity index (χ1) is 9.47. The van der Waals surface area contributed by atoms with Gasteiger partial charge in [-0.25, -0.2) is 0 Å². The minimum absolute atomic E-state index is 0.138. The molecule has 0 saturated heterocycles. The second kappa shape index (κ2) is 7.36. The summed E-state index contributed by atoms with van der Waals surface area (Å²) in [4.78, 5) is 0. The van der Waals surface area contributed by atoms with Crippen LogP contribution >= 0.6 is 0 Å². The van der Waals surface area contributed by atoms with Gasteiger partial charge in [-0.2, -0.15) is 0 Å². The molecule has 5 heteroatoms. The van der Waals surface area contributed by atoms with Crippen LogP contribution in [0.3, 0.4) is 0 Å². The van der Waals surface area contributed by atoms with Gasteiger partial charge in [0.1, 0.15) is 0 Å². The Labute approximate surface area is 120 Å². The van der Waals surface area contributed by atoms with Crippen LogP contribution < -0.4 is 19.5 Å². The van der Waals surface area contributed by atoms with E-state index in [1.54, 1.807) is 21.3 Å². The largest absolute Gasteiger partial charge is 0.493 e. The molecule has 0 heterocycles. The minimum Gasteiger partial charge on any atom is -0.493 e. The molecule has 1 rings (SSSR count). The molecule has 0 unspecified atom stereocenters. The number of methoxy groups -OCH3 is 3. The Morgan fingerprint density at radius 2 is 1.60 bits per heavy atom. The fraction of sp³-hybridized carbons (Fsp3) is 0.600. The van der Waals surface area contributed by atoms with E-state index in [2.05, 4.69) is 5.32 Å². The monoisotopic (exact) mass is 283 g/mol. The van der Waals surface area contributed by atoms with Crippen molar-refractivity contribution in [1.82, 2.24) is 5.32 Å². The van der Waals surface area contributed by atoms with E-state index in [1.807, 2.05) is 26.0 Å². The molecule has 0 fully saturated rings. The van der Waals surface area contributed by atoms with Gasteiger partial charge in [0.25, 0.3) is 0 Å². The Morgan fingerprint density at radius 3 is 2.00 bits per heavy atom. The van der Waals surface area contributed by atoms with Gasteiger partial charge in [-0.15, -0.1) is 0 Å². The fourth-order valence-electron chi connectivity index (χ4n) is 1.84. The van der Waals surface area contributed by atoms with Gasteiger partial charge in [-0.3, -0.25) is 0 Å². The molecule has 0 saturated carbocycles. The standard InChI is InChI=1S/C15H25NO4/c1-15(2,10-17)9-16-8-11-6-12(18-3)14(20-5)13(7-11)19-4/h6-7,16-17H,8-10H2,1-5H3. The highest BCUT2D eigenvalue weighted by Gasteiger charge is 2.16. The Balaban J connectivity index is 2.81. The molecule has 0 aliphatic rings. The van der Waals surface area contributed by atoms with Gasteiger partial charge in [0.05, 0.1) is 21.3 Å². The Morgan fingerprint density at radius 1 is 1.05 bits per heavy atom. The molecule has 5 nitrogen and oxygen atoms in total. The maximum atomic E-state index is 9.23. The number of ether oxygens (including phenoxy) is 3. The highest BCUT2D eigenvalue weighted by atomic mass is 16.5. The summed E-state index contributed by atoms with van der Waals surface area (Å²) in [6, 6.07) is 3.83. The van der Waals surface area contributed by atoms with Crippen LogP contribution in [0.4, 0.5) is 0 Å². The van der Waals surface area contributed by atoms with Crippen LogP contribution in [0.2, 0.25) is 0 Å². The van der Waals surface area contributed by atoms with E-state index in [9.17, 15) is 5.11 Å². The average molecular weight is 283 g/mol. The van der Waals surface area contributed by atoms with E-state index in [4.69, 9.17) is 14.2 Å². The van der Waals surface area contributed by atoms with Crippen molar-refractivity contribution in [1.29, 1.82) is 0 Å². The lowest BCUT2D eigenvalue weighted by Gasteiger charge is -2.22. The van der Waals surface area contributed by atoms with Gasteiger partial charge >= 0.3 is 0 Å². The molecule has 20 heavy (non-hydrogen) atoms. The third-order valence-corrected chi connectivity index (χ3v) is 3.09. The molecule has 0 radical (unpaired) electrons. The van der Waals surface area contributed by atoms with E-state index in [0.29, 0.717) is 23.8 Å². The second-order valence-corrected chi connectivity index (χ2v) is 5.46. The van der Waals surface area contributed by atoms with Crippen LogP contribution in [0.1, 0.15) is 19.4 Å². The summed E-state index contributed by atoms with van der Waals surface area (Å²) in [5.74, 6) is 1.88. The summed E-state index contributed by atoms with van der Waals surface area (Å²) in [6.45, 7) is 5.56. The Hall–Kier alpha value is -1.46. The molecule has 0 bridgehead atoms. The van der Waals surface area contributed by atoms with E-state index < -0.39 is 0 Å². The molecule has 0 aliphatic carbocycles. The summed E-state index contributed by atoms with van der Waals surface area (Å²) in [6.07, 6.45) is 0. The summed E-state index contributed by atoms with van der Waals surface area (Å²) < 4.78 is 15.9. The highest BCUT2D eigenvalue weighted by Crippen LogP contribution is 2.38. The number of aliphatic hydroxyl groups is 1. The van der Waals surface area contributed by atoms with Gasteiger partial charge < -0.3 is 24.6 Å². The van der Waals surface area contributed by atoms with Crippen molar-refractivity contribution >= 4 is 0 Å². The van der Waals surface area contributed by atoms with Crippen LogP contribution in [0.15, 0.2) is 12.1 Å². The predicted molar refractivity (Wildman–Crippen MR) is 78.7 cm³/mol. The zero-order valence-electron chi connectivity index (χ0n) is 12.9. The van der Waals surface area contributed by atoms with Gasteiger partial charge in [0.15, 0.2) is 11.5 Å². The van der Waals surface area contributed by atoms with Gasteiger partial charge in [0, 0.05) is 25.1 Å². The van der Waals surface area contributed by atoms with E-state index in [1.165, 1.54) is 0 Å². The molecule has 0 aromatic heterocycles. The molecule has 0 aliphatic heterocycles. The van der Waals surface area contributed by atoms with Crippen molar-refractivity contribution in [3.8, 4) is 17.2 Å². The van der Waals surface area contributed by atoms with Crippen molar-refractivity contribution in [2.45, 2.75) is 20.4 Å². The number of rotatable bonds is 8. The predicted octanol–water partition coefficient (Wildman–Crippen LogP) is 1.82. The molecule has 114 valence electrons. The zero-order valence-corrected chi connectivity index (χ0v) is 12.9. The maximum Gasteiger partial charge on any atom is 0.203 e. The summed E-state index contributed by atoms with van der Waals surface area (Å²) in [5, 5.41) is 12.5. The van der Waals surface area contributed by atoms with E-state index in [-0.39, 0.29) is 12.0 Å². The average Bonchev–Trinajstić information content (AvgIpc) is 2.45. The number of aliphatic hydroxyl groups excluding tert-OH is 1. The minimum atomic E-state index is -0.138. The zero-order chi connectivity index (χ0) is 15.2. The first kappa shape index (κ1) is 16.6. The lowest BCUT2D eigenvalue weighted by atomic mass is 9.95. The smallest absolute Gasteiger partial charge is 0.203 e. The van der Waals surface area contributed by atoms with Crippen LogP contribution in [-0.4, -0.2) is 39.6 Å². The highest BCUT2D eigenvalue weighted by molar-refractivity contribution is 5.53. The van der Waals surface area contributed by atoms with Crippen molar-refractivity contribution < 1.29 is 19.3 Å². The summed E-state index contributed by atoms with van der Waals surface area (Å²) in [7, 11) is 4.79. The van der Waals surface area contributed by atoms with E-state index in [0.717, 1.165) is 12.1 Å². The van der Waals surface area contributed by atoms with Gasteiger partial charge in [0.2, 0.25) is 5.75 Å². The quantitative estimate of drug-likeness (QED) is 0.762.